The first kappa shape index (κ1) is 25.2. The van der Waals surface area contributed by atoms with Crippen LogP contribution in [0.4, 0.5) is 13.2 Å². The summed E-state index contributed by atoms with van der Waals surface area (Å²) in [6, 6.07) is 3.11. The van der Waals surface area contributed by atoms with Crippen molar-refractivity contribution in [1.82, 2.24) is 15.2 Å². The molecular weight excluding hydrogens is 455 g/mol. The van der Waals surface area contributed by atoms with Crippen LogP contribution in [0.25, 0.3) is 10.4 Å². The Balaban J connectivity index is 1.75. The van der Waals surface area contributed by atoms with Crippen molar-refractivity contribution in [1.29, 1.82) is 0 Å². The fourth-order valence-electron chi connectivity index (χ4n) is 3.89. The number of β-amino-alcohol motifs (C(OH)–C–C–N with tert-alkyl or cyclic N) is 1. The Morgan fingerprint density at radius 1 is 1.27 bits per heavy atom. The third-order valence-corrected chi connectivity index (χ3v) is 6.39. The third-order valence-electron chi connectivity index (χ3n) is 5.43. The van der Waals surface area contributed by atoms with Crippen LogP contribution in [0, 0.1) is 12.3 Å². The summed E-state index contributed by atoms with van der Waals surface area (Å²) in [6.07, 6.45) is -5.07. The standard InChI is InChI=1S/C23H28F3N3O3S/c1-13-20(33-12-28-13)16-6-5-14(7-17(16)23(24,25)26)10-27-21(32)18-8-15(30)11-29(18)19(31)9-22(2,3)4/h5-7,12,15,18,30H,8-11H2,1-4H3,(H,27,32)/t15-,18+/m1/s1. The van der Waals surface area contributed by atoms with Crippen LogP contribution >= 0.6 is 11.3 Å². The van der Waals surface area contributed by atoms with E-state index in [4.69, 9.17) is 0 Å². The fourth-order valence-corrected chi connectivity index (χ4v) is 4.74. The Bertz CT molecular complexity index is 1030. The largest absolute Gasteiger partial charge is 0.417 e. The van der Waals surface area contributed by atoms with Gasteiger partial charge in [0, 0.05) is 31.5 Å². The van der Waals surface area contributed by atoms with Crippen molar-refractivity contribution in [3.63, 3.8) is 0 Å². The molecule has 1 saturated heterocycles. The lowest BCUT2D eigenvalue weighted by Gasteiger charge is -2.27. The molecule has 0 radical (unpaired) electrons. The van der Waals surface area contributed by atoms with Crippen molar-refractivity contribution in [2.75, 3.05) is 6.54 Å². The third kappa shape index (κ3) is 6.11. The Kier molecular flexibility index (Phi) is 7.18. The summed E-state index contributed by atoms with van der Waals surface area (Å²) >= 11 is 1.14. The topological polar surface area (TPSA) is 82.5 Å². The molecule has 33 heavy (non-hydrogen) atoms. The number of nitrogens with one attached hydrogen (secondary N) is 1. The van der Waals surface area contributed by atoms with E-state index in [9.17, 15) is 27.9 Å². The first-order valence-corrected chi connectivity index (χ1v) is 11.5. The van der Waals surface area contributed by atoms with E-state index in [0.29, 0.717) is 10.6 Å². The Morgan fingerprint density at radius 2 is 1.97 bits per heavy atom. The number of aryl methyl sites for hydroxylation is 1. The maximum absolute atomic E-state index is 13.7. The maximum Gasteiger partial charge on any atom is 0.417 e. The lowest BCUT2D eigenvalue weighted by molar-refractivity contribution is -0.140. The molecule has 0 saturated carbocycles. The zero-order chi connectivity index (χ0) is 24.6. The summed E-state index contributed by atoms with van der Waals surface area (Å²) in [6.45, 7) is 7.31. The monoisotopic (exact) mass is 483 g/mol. The summed E-state index contributed by atoms with van der Waals surface area (Å²) < 4.78 is 41.2. The molecule has 1 aromatic carbocycles. The molecule has 180 valence electrons. The zero-order valence-corrected chi connectivity index (χ0v) is 19.8. The second-order valence-corrected chi connectivity index (χ2v) is 10.4. The number of aromatic nitrogens is 1. The molecule has 2 amide bonds. The highest BCUT2D eigenvalue weighted by Gasteiger charge is 2.40. The molecule has 1 aliphatic rings. The van der Waals surface area contributed by atoms with E-state index in [1.54, 1.807) is 6.92 Å². The minimum atomic E-state index is -4.57. The molecule has 0 unspecified atom stereocenters. The smallest absolute Gasteiger partial charge is 0.391 e. The number of hydrogen-bond acceptors (Lipinski definition) is 5. The second kappa shape index (κ2) is 9.42. The summed E-state index contributed by atoms with van der Waals surface area (Å²) in [5.41, 5.74) is 1.29. The average Bonchev–Trinajstić information content (AvgIpc) is 3.29. The zero-order valence-electron chi connectivity index (χ0n) is 19.0. The number of alkyl halides is 3. The van der Waals surface area contributed by atoms with Crippen LogP contribution in [-0.4, -0.2) is 45.5 Å². The molecule has 2 N–H and O–H groups in total. The Morgan fingerprint density at radius 3 is 2.55 bits per heavy atom. The molecule has 2 aromatic rings. The molecule has 10 heteroatoms. The van der Waals surface area contributed by atoms with Gasteiger partial charge in [0.1, 0.15) is 6.04 Å². The van der Waals surface area contributed by atoms with Gasteiger partial charge in [-0.15, -0.1) is 11.3 Å². The first-order chi connectivity index (χ1) is 15.3. The van der Waals surface area contributed by atoms with Gasteiger partial charge in [-0.1, -0.05) is 32.9 Å². The number of rotatable bonds is 5. The lowest BCUT2D eigenvalue weighted by Crippen LogP contribution is -2.46. The summed E-state index contributed by atoms with van der Waals surface area (Å²) in [7, 11) is 0. The van der Waals surface area contributed by atoms with Crippen LogP contribution in [0.15, 0.2) is 23.7 Å². The van der Waals surface area contributed by atoms with Crippen LogP contribution in [0.1, 0.15) is 50.4 Å². The highest BCUT2D eigenvalue weighted by Crippen LogP contribution is 2.40. The van der Waals surface area contributed by atoms with Crippen molar-refractivity contribution >= 4 is 23.2 Å². The van der Waals surface area contributed by atoms with E-state index in [2.05, 4.69) is 10.3 Å². The van der Waals surface area contributed by atoms with Gasteiger partial charge in [0.2, 0.25) is 11.8 Å². The number of likely N-dealkylation sites (tertiary alicyclic amines) is 1. The minimum absolute atomic E-state index is 0.0513. The van der Waals surface area contributed by atoms with Gasteiger partial charge in [-0.05, 0) is 24.0 Å². The molecule has 6 nitrogen and oxygen atoms in total. The van der Waals surface area contributed by atoms with E-state index in [1.807, 2.05) is 20.8 Å². The molecule has 1 aromatic heterocycles. The van der Waals surface area contributed by atoms with Gasteiger partial charge in [0.25, 0.3) is 0 Å². The number of nitrogens with zero attached hydrogens (tertiary/aromatic N) is 2. The van der Waals surface area contributed by atoms with E-state index in [-0.39, 0.29) is 48.4 Å². The SMILES string of the molecule is Cc1ncsc1-c1ccc(CNC(=O)[C@@H]2C[C@@H](O)CN2C(=O)CC(C)(C)C)cc1C(F)(F)F. The highest BCUT2D eigenvalue weighted by molar-refractivity contribution is 7.13. The number of benzene rings is 1. The number of carbonyl (C=O) groups excluding carboxylic acids is 2. The summed E-state index contributed by atoms with van der Waals surface area (Å²) in [5.74, 6) is -0.729. The van der Waals surface area contributed by atoms with Crippen molar-refractivity contribution in [3.8, 4) is 10.4 Å². The van der Waals surface area contributed by atoms with Gasteiger partial charge >= 0.3 is 6.18 Å². The number of halogens is 3. The number of hydrogen-bond donors (Lipinski definition) is 2. The average molecular weight is 484 g/mol. The number of amides is 2. The Hall–Kier alpha value is -2.46. The molecule has 1 aliphatic heterocycles. The highest BCUT2D eigenvalue weighted by atomic mass is 32.1. The van der Waals surface area contributed by atoms with Crippen LogP contribution in [-0.2, 0) is 22.3 Å². The van der Waals surface area contributed by atoms with Crippen LogP contribution in [0.5, 0.6) is 0 Å². The molecule has 0 bridgehead atoms. The Labute approximate surface area is 194 Å². The van der Waals surface area contributed by atoms with Gasteiger partial charge in [-0.3, -0.25) is 9.59 Å². The molecule has 0 aliphatic carbocycles. The first-order valence-electron chi connectivity index (χ1n) is 10.6. The van der Waals surface area contributed by atoms with Crippen molar-refractivity contribution < 1.29 is 27.9 Å². The number of carbonyl (C=O) groups is 2. The van der Waals surface area contributed by atoms with Gasteiger partial charge in [0.15, 0.2) is 0 Å². The maximum atomic E-state index is 13.7. The lowest BCUT2D eigenvalue weighted by atomic mass is 9.91. The normalized spacial score (nSPS) is 19.1. The van der Waals surface area contributed by atoms with Crippen molar-refractivity contribution in [3.05, 3.63) is 40.5 Å². The molecule has 0 spiro atoms. The van der Waals surface area contributed by atoms with Crippen LogP contribution < -0.4 is 5.32 Å². The predicted octanol–water partition coefficient (Wildman–Crippen LogP) is 4.15. The van der Waals surface area contributed by atoms with Gasteiger partial charge < -0.3 is 15.3 Å². The summed E-state index contributed by atoms with van der Waals surface area (Å²) in [5, 5.41) is 12.7. The van der Waals surface area contributed by atoms with E-state index in [1.165, 1.54) is 22.5 Å². The number of aliphatic hydroxyl groups excluding tert-OH is 1. The minimum Gasteiger partial charge on any atom is -0.391 e. The van der Waals surface area contributed by atoms with Gasteiger partial charge in [0.05, 0.1) is 27.7 Å². The fraction of sp³-hybridized carbons (Fsp3) is 0.522. The summed E-state index contributed by atoms with van der Waals surface area (Å²) in [4.78, 5) is 31.3. The van der Waals surface area contributed by atoms with Crippen LogP contribution in [0.3, 0.4) is 0 Å². The second-order valence-electron chi connectivity index (χ2n) is 9.55. The van der Waals surface area contributed by atoms with Gasteiger partial charge in [-0.2, -0.15) is 13.2 Å². The van der Waals surface area contributed by atoms with Gasteiger partial charge in [-0.25, -0.2) is 4.98 Å². The molecule has 2 atom stereocenters. The van der Waals surface area contributed by atoms with Crippen LogP contribution in [0.2, 0.25) is 0 Å². The number of thiazole rings is 1. The van der Waals surface area contributed by atoms with Crippen molar-refractivity contribution in [2.45, 2.75) is 65.4 Å². The molecular formula is C23H28F3N3O3S. The van der Waals surface area contributed by atoms with E-state index >= 15 is 0 Å². The number of aliphatic hydroxyl groups is 1. The predicted molar refractivity (Wildman–Crippen MR) is 119 cm³/mol. The quantitative estimate of drug-likeness (QED) is 0.669. The van der Waals surface area contributed by atoms with Crippen molar-refractivity contribution in [2.24, 2.45) is 5.41 Å². The molecule has 2 heterocycles. The van der Waals surface area contributed by atoms with E-state index < -0.39 is 29.8 Å². The van der Waals surface area contributed by atoms with E-state index in [0.717, 1.165) is 17.4 Å². The molecule has 1 fully saturated rings. The molecule has 3 rings (SSSR count).